The Kier molecular flexibility index (Phi) is 5.92. The highest BCUT2D eigenvalue weighted by Gasteiger charge is 2.23. The van der Waals surface area contributed by atoms with Crippen LogP contribution >= 0.6 is 0 Å². The number of rotatable bonds is 6. The van der Waals surface area contributed by atoms with Crippen LogP contribution in [0.25, 0.3) is 0 Å². The topological polar surface area (TPSA) is 89.7 Å². The summed E-state index contributed by atoms with van der Waals surface area (Å²) in [6, 6.07) is 5.29. The normalized spacial score (nSPS) is 14.0. The predicted molar refractivity (Wildman–Crippen MR) is 105 cm³/mol. The van der Waals surface area contributed by atoms with Crippen molar-refractivity contribution in [3.05, 3.63) is 40.7 Å². The molecule has 3 rings (SSSR count). The molecule has 0 atom stereocenters. The molecular weight excluding hydrogens is 360 g/mol. The molecule has 1 aromatic heterocycles. The minimum atomic E-state index is -0.470. The summed E-state index contributed by atoms with van der Waals surface area (Å²) in [7, 11) is 2.91. The Hall–Kier alpha value is -2.96. The Morgan fingerprint density at radius 2 is 1.82 bits per heavy atom. The minimum Gasteiger partial charge on any atom is -0.493 e. The van der Waals surface area contributed by atoms with Gasteiger partial charge in [-0.2, -0.15) is 0 Å². The number of aromatic amines is 1. The van der Waals surface area contributed by atoms with Crippen molar-refractivity contribution in [2.24, 2.45) is 0 Å². The van der Waals surface area contributed by atoms with Crippen LogP contribution in [-0.4, -0.2) is 37.2 Å². The molecule has 2 N–H and O–H groups in total. The standard InChI is InChI=1S/C21H26N2O5/c1-12-18(21(25)27-4)13(2)22-19(12)20(24)23-14-9-10-16(26-3)17(11-14)28-15-7-5-6-8-15/h9-11,15,22H,5-8H2,1-4H3,(H,23,24). The van der Waals surface area contributed by atoms with Crippen LogP contribution in [0.5, 0.6) is 11.5 Å². The molecule has 1 heterocycles. The third-order valence-electron chi connectivity index (χ3n) is 5.07. The summed E-state index contributed by atoms with van der Waals surface area (Å²) in [4.78, 5) is 27.7. The molecule has 7 heteroatoms. The van der Waals surface area contributed by atoms with Gasteiger partial charge in [0.05, 0.1) is 25.9 Å². The lowest BCUT2D eigenvalue weighted by atomic mass is 10.1. The quantitative estimate of drug-likeness (QED) is 0.733. The number of H-pyrrole nitrogens is 1. The van der Waals surface area contributed by atoms with Gasteiger partial charge in [-0.1, -0.05) is 0 Å². The number of carbonyl (C=O) groups excluding carboxylic acids is 2. The molecule has 1 amide bonds. The zero-order valence-corrected chi connectivity index (χ0v) is 16.7. The molecule has 1 aliphatic carbocycles. The average Bonchev–Trinajstić information content (AvgIpc) is 3.29. The van der Waals surface area contributed by atoms with Crippen LogP contribution in [-0.2, 0) is 4.74 Å². The van der Waals surface area contributed by atoms with Gasteiger partial charge in [0.25, 0.3) is 5.91 Å². The first-order valence-electron chi connectivity index (χ1n) is 9.38. The van der Waals surface area contributed by atoms with E-state index in [0.29, 0.717) is 39.7 Å². The maximum Gasteiger partial charge on any atom is 0.339 e. The van der Waals surface area contributed by atoms with E-state index in [-0.39, 0.29) is 12.0 Å². The van der Waals surface area contributed by atoms with Gasteiger partial charge in [0.1, 0.15) is 5.69 Å². The maximum absolute atomic E-state index is 12.8. The van der Waals surface area contributed by atoms with E-state index in [2.05, 4.69) is 10.3 Å². The number of hydrogen-bond donors (Lipinski definition) is 2. The number of esters is 1. The summed E-state index contributed by atoms with van der Waals surface area (Å²) in [5.41, 5.74) is 2.44. The Labute approximate surface area is 164 Å². The second kappa shape index (κ2) is 8.37. The molecule has 1 aromatic carbocycles. The average molecular weight is 386 g/mol. The van der Waals surface area contributed by atoms with Crippen molar-refractivity contribution < 1.29 is 23.8 Å². The lowest BCUT2D eigenvalue weighted by Crippen LogP contribution is -2.15. The molecule has 0 spiro atoms. The smallest absolute Gasteiger partial charge is 0.339 e. The van der Waals surface area contributed by atoms with Crippen LogP contribution in [0.4, 0.5) is 5.69 Å². The second-order valence-electron chi connectivity index (χ2n) is 6.96. The Bertz CT molecular complexity index is 881. The fourth-order valence-corrected chi connectivity index (χ4v) is 3.61. The first-order chi connectivity index (χ1) is 13.4. The highest BCUT2D eigenvalue weighted by molar-refractivity contribution is 6.06. The highest BCUT2D eigenvalue weighted by Crippen LogP contribution is 2.34. The summed E-state index contributed by atoms with van der Waals surface area (Å²) in [5.74, 6) is 0.432. The van der Waals surface area contributed by atoms with Gasteiger partial charge in [-0.3, -0.25) is 4.79 Å². The van der Waals surface area contributed by atoms with E-state index in [1.807, 2.05) is 0 Å². The van der Waals surface area contributed by atoms with Crippen molar-refractivity contribution >= 4 is 17.6 Å². The predicted octanol–water partition coefficient (Wildman–Crippen LogP) is 4.00. The van der Waals surface area contributed by atoms with Crippen molar-refractivity contribution in [1.29, 1.82) is 0 Å². The molecule has 2 aromatic rings. The number of aromatic nitrogens is 1. The van der Waals surface area contributed by atoms with Gasteiger partial charge in [-0.15, -0.1) is 0 Å². The number of hydrogen-bond acceptors (Lipinski definition) is 5. The number of aryl methyl sites for hydroxylation is 1. The second-order valence-corrected chi connectivity index (χ2v) is 6.96. The van der Waals surface area contributed by atoms with E-state index in [4.69, 9.17) is 14.2 Å². The lowest BCUT2D eigenvalue weighted by molar-refractivity contribution is 0.0599. The van der Waals surface area contributed by atoms with Crippen LogP contribution in [0.15, 0.2) is 18.2 Å². The van der Waals surface area contributed by atoms with E-state index in [1.165, 1.54) is 7.11 Å². The molecule has 7 nitrogen and oxygen atoms in total. The monoisotopic (exact) mass is 386 g/mol. The van der Waals surface area contributed by atoms with Crippen LogP contribution in [0, 0.1) is 13.8 Å². The molecule has 0 saturated heterocycles. The number of anilines is 1. The van der Waals surface area contributed by atoms with Crippen LogP contribution < -0.4 is 14.8 Å². The zero-order chi connectivity index (χ0) is 20.3. The number of nitrogens with one attached hydrogen (secondary N) is 2. The molecule has 1 aliphatic rings. The molecule has 150 valence electrons. The van der Waals surface area contributed by atoms with Gasteiger partial charge in [0, 0.05) is 17.4 Å². The first kappa shape index (κ1) is 19.8. The van der Waals surface area contributed by atoms with Gasteiger partial charge >= 0.3 is 5.97 Å². The SMILES string of the molecule is COC(=O)c1c(C)[nH]c(C(=O)Nc2ccc(OC)c(OC3CCCC3)c2)c1C. The molecule has 0 unspecified atom stereocenters. The number of methoxy groups -OCH3 is 2. The summed E-state index contributed by atoms with van der Waals surface area (Å²) in [6.07, 6.45) is 4.55. The molecular formula is C21H26N2O5. The molecule has 28 heavy (non-hydrogen) atoms. The van der Waals surface area contributed by atoms with Gasteiger partial charge in [0.2, 0.25) is 0 Å². The summed E-state index contributed by atoms with van der Waals surface area (Å²) in [5, 5.41) is 2.86. The number of ether oxygens (including phenoxy) is 3. The largest absolute Gasteiger partial charge is 0.493 e. The van der Waals surface area contributed by atoms with Crippen molar-refractivity contribution in [3.8, 4) is 11.5 Å². The lowest BCUT2D eigenvalue weighted by Gasteiger charge is -2.17. The van der Waals surface area contributed by atoms with Crippen LogP contribution in [0.1, 0.15) is 57.8 Å². The summed E-state index contributed by atoms with van der Waals surface area (Å²) in [6.45, 7) is 3.45. The maximum atomic E-state index is 12.8. The van der Waals surface area contributed by atoms with Crippen LogP contribution in [0.2, 0.25) is 0 Å². The highest BCUT2D eigenvalue weighted by atomic mass is 16.5. The molecule has 1 fully saturated rings. The Morgan fingerprint density at radius 1 is 1.11 bits per heavy atom. The number of amides is 1. The van der Waals surface area contributed by atoms with Gasteiger partial charge in [-0.25, -0.2) is 4.79 Å². The van der Waals surface area contributed by atoms with Crippen molar-refractivity contribution in [3.63, 3.8) is 0 Å². The fourth-order valence-electron chi connectivity index (χ4n) is 3.61. The molecule has 1 saturated carbocycles. The van der Waals surface area contributed by atoms with Gasteiger partial charge in [0.15, 0.2) is 11.5 Å². The summed E-state index contributed by atoms with van der Waals surface area (Å²) < 4.78 is 16.2. The van der Waals surface area contributed by atoms with E-state index in [0.717, 1.165) is 25.7 Å². The first-order valence-corrected chi connectivity index (χ1v) is 9.38. The van der Waals surface area contributed by atoms with E-state index in [1.54, 1.807) is 39.2 Å². The van der Waals surface area contributed by atoms with Gasteiger partial charge < -0.3 is 24.5 Å². The Balaban J connectivity index is 1.81. The Morgan fingerprint density at radius 3 is 2.46 bits per heavy atom. The minimum absolute atomic E-state index is 0.177. The fraction of sp³-hybridized carbons (Fsp3) is 0.429. The molecule has 0 radical (unpaired) electrons. The van der Waals surface area contributed by atoms with Crippen molar-refractivity contribution in [1.82, 2.24) is 4.98 Å². The van der Waals surface area contributed by atoms with E-state index < -0.39 is 5.97 Å². The van der Waals surface area contributed by atoms with E-state index >= 15 is 0 Å². The van der Waals surface area contributed by atoms with Crippen molar-refractivity contribution in [2.75, 3.05) is 19.5 Å². The third-order valence-corrected chi connectivity index (χ3v) is 5.07. The van der Waals surface area contributed by atoms with E-state index in [9.17, 15) is 9.59 Å². The molecule has 0 aliphatic heterocycles. The van der Waals surface area contributed by atoms with Crippen molar-refractivity contribution in [2.45, 2.75) is 45.6 Å². The molecule has 0 bridgehead atoms. The zero-order valence-electron chi connectivity index (χ0n) is 16.7. The number of carbonyl (C=O) groups is 2. The number of benzene rings is 1. The van der Waals surface area contributed by atoms with Gasteiger partial charge in [-0.05, 0) is 57.2 Å². The third kappa shape index (κ3) is 3.98. The van der Waals surface area contributed by atoms with Crippen LogP contribution in [0.3, 0.4) is 0 Å². The summed E-state index contributed by atoms with van der Waals surface area (Å²) >= 11 is 0.